The summed E-state index contributed by atoms with van der Waals surface area (Å²) in [6.07, 6.45) is 3.79. The Morgan fingerprint density at radius 1 is 0.853 bits per heavy atom. The first-order chi connectivity index (χ1) is 16.6. The minimum Gasteiger partial charge on any atom is -0.493 e. The van der Waals surface area contributed by atoms with Crippen LogP contribution >= 0.6 is 0 Å². The number of pyridine rings is 1. The van der Waals surface area contributed by atoms with E-state index in [-0.39, 0.29) is 5.75 Å². The number of fused-ring (bicyclic) bond motifs is 1. The van der Waals surface area contributed by atoms with E-state index in [4.69, 9.17) is 23.9 Å². The van der Waals surface area contributed by atoms with Crippen molar-refractivity contribution in [3.8, 4) is 23.0 Å². The van der Waals surface area contributed by atoms with Crippen LogP contribution in [0.5, 0.6) is 23.0 Å². The van der Waals surface area contributed by atoms with Crippen LogP contribution in [-0.4, -0.2) is 25.2 Å². The lowest BCUT2D eigenvalue weighted by Gasteiger charge is -2.13. The summed E-state index contributed by atoms with van der Waals surface area (Å²) in [5.74, 6) is 1.32. The van der Waals surface area contributed by atoms with Crippen molar-refractivity contribution in [2.45, 2.75) is 13.5 Å². The number of methoxy groups -OCH3 is 2. The largest absolute Gasteiger partial charge is 0.493 e. The van der Waals surface area contributed by atoms with E-state index in [2.05, 4.69) is 0 Å². The molecule has 4 rings (SSSR count). The van der Waals surface area contributed by atoms with Gasteiger partial charge in [-0.1, -0.05) is 54.6 Å². The van der Waals surface area contributed by atoms with E-state index < -0.39 is 5.97 Å². The normalized spacial score (nSPS) is 10.9. The van der Waals surface area contributed by atoms with Gasteiger partial charge in [-0.25, -0.2) is 4.98 Å². The predicted molar refractivity (Wildman–Crippen MR) is 132 cm³/mol. The average molecular weight is 456 g/mol. The molecule has 0 N–H and O–H groups in total. The summed E-state index contributed by atoms with van der Waals surface area (Å²) in [4.78, 5) is 16.2. The van der Waals surface area contributed by atoms with E-state index in [0.717, 1.165) is 33.5 Å². The van der Waals surface area contributed by atoms with Crippen LogP contribution in [-0.2, 0) is 11.4 Å². The van der Waals surface area contributed by atoms with Gasteiger partial charge in [-0.3, -0.25) is 4.79 Å². The van der Waals surface area contributed by atoms with Crippen LogP contribution in [0.4, 0.5) is 0 Å². The summed E-state index contributed by atoms with van der Waals surface area (Å²) in [5.41, 5.74) is 3.46. The van der Waals surface area contributed by atoms with Crippen molar-refractivity contribution < 1.29 is 23.7 Å². The van der Waals surface area contributed by atoms with Gasteiger partial charge in [-0.2, -0.15) is 0 Å². The molecule has 34 heavy (non-hydrogen) atoms. The third-order valence-corrected chi connectivity index (χ3v) is 5.12. The van der Waals surface area contributed by atoms with Crippen LogP contribution in [0.1, 0.15) is 23.7 Å². The van der Waals surface area contributed by atoms with E-state index >= 15 is 0 Å². The van der Waals surface area contributed by atoms with Crippen molar-refractivity contribution in [3.63, 3.8) is 0 Å². The fraction of sp³-hybridized carbons (Fsp3) is 0.143. The van der Waals surface area contributed by atoms with Crippen LogP contribution in [0.3, 0.4) is 0 Å². The molecule has 0 aliphatic heterocycles. The molecule has 1 heterocycles. The highest BCUT2D eigenvalue weighted by Gasteiger charge is 2.15. The zero-order chi connectivity index (χ0) is 23.9. The number of nitrogens with zero attached hydrogens (tertiary/aromatic N) is 1. The van der Waals surface area contributed by atoms with Crippen molar-refractivity contribution in [1.29, 1.82) is 0 Å². The van der Waals surface area contributed by atoms with Gasteiger partial charge in [0.15, 0.2) is 11.5 Å². The Bertz CT molecular complexity index is 1310. The lowest BCUT2D eigenvalue weighted by Crippen LogP contribution is -2.05. The zero-order valence-corrected chi connectivity index (χ0v) is 19.3. The minimum atomic E-state index is -0.453. The molecule has 0 saturated heterocycles. The predicted octanol–water partition coefficient (Wildman–Crippen LogP) is 5.93. The number of rotatable bonds is 8. The number of para-hydroxylation sites is 1. The number of hydrogen-bond acceptors (Lipinski definition) is 6. The molecular formula is C28H25NO5. The highest BCUT2D eigenvalue weighted by Crippen LogP contribution is 2.39. The topological polar surface area (TPSA) is 66.9 Å². The highest BCUT2D eigenvalue weighted by molar-refractivity contribution is 5.86. The molecule has 0 saturated carbocycles. The lowest BCUT2D eigenvalue weighted by molar-refractivity contribution is -0.132. The summed E-state index contributed by atoms with van der Waals surface area (Å²) in [6.45, 7) is 1.80. The third kappa shape index (κ3) is 5.35. The van der Waals surface area contributed by atoms with Gasteiger partial charge >= 0.3 is 5.97 Å². The van der Waals surface area contributed by atoms with Crippen molar-refractivity contribution in [2.24, 2.45) is 0 Å². The van der Waals surface area contributed by atoms with E-state index in [0.29, 0.717) is 18.1 Å². The van der Waals surface area contributed by atoms with Crippen LogP contribution in [0.15, 0.2) is 72.8 Å². The second-order valence-corrected chi connectivity index (χ2v) is 7.52. The second kappa shape index (κ2) is 10.5. The molecule has 0 bridgehead atoms. The summed E-state index contributed by atoms with van der Waals surface area (Å²) in [7, 11) is 3.02. The lowest BCUT2D eigenvalue weighted by atomic mass is 10.1. The molecule has 172 valence electrons. The number of hydrogen-bond donors (Lipinski definition) is 0. The van der Waals surface area contributed by atoms with Crippen LogP contribution in [0.25, 0.3) is 23.1 Å². The molecule has 0 unspecified atom stereocenters. The molecule has 1 aromatic heterocycles. The quantitative estimate of drug-likeness (QED) is 0.242. The van der Waals surface area contributed by atoms with Crippen molar-refractivity contribution in [1.82, 2.24) is 4.98 Å². The first-order valence-electron chi connectivity index (χ1n) is 10.8. The molecule has 6 heteroatoms. The molecular weight excluding hydrogens is 430 g/mol. The SMILES string of the molecule is COc1cc(/C=C\c2ccc3cccc(OCc4ccccc4)c3n2)cc(OC)c1OC(C)=O. The molecule has 0 spiro atoms. The van der Waals surface area contributed by atoms with Gasteiger partial charge in [0.2, 0.25) is 5.75 Å². The number of carbonyl (C=O) groups excluding carboxylic acids is 1. The van der Waals surface area contributed by atoms with Crippen molar-refractivity contribution in [2.75, 3.05) is 14.2 Å². The zero-order valence-electron chi connectivity index (χ0n) is 19.3. The molecule has 0 fully saturated rings. The van der Waals surface area contributed by atoms with Gasteiger partial charge in [-0.05, 0) is 41.5 Å². The summed E-state index contributed by atoms with van der Waals surface area (Å²) >= 11 is 0. The third-order valence-electron chi connectivity index (χ3n) is 5.12. The van der Waals surface area contributed by atoms with Crippen molar-refractivity contribution >= 4 is 29.0 Å². The number of esters is 1. The molecule has 4 aromatic rings. The minimum absolute atomic E-state index is 0.249. The van der Waals surface area contributed by atoms with E-state index in [9.17, 15) is 4.79 Å². The summed E-state index contributed by atoms with van der Waals surface area (Å²) in [6, 6.07) is 23.4. The van der Waals surface area contributed by atoms with Gasteiger partial charge in [0, 0.05) is 12.3 Å². The van der Waals surface area contributed by atoms with Gasteiger partial charge in [0.1, 0.15) is 17.9 Å². The maximum absolute atomic E-state index is 11.4. The Balaban J connectivity index is 1.62. The molecule has 6 nitrogen and oxygen atoms in total. The number of benzene rings is 3. The number of ether oxygens (including phenoxy) is 4. The average Bonchev–Trinajstić information content (AvgIpc) is 2.86. The number of carbonyl (C=O) groups is 1. The molecule has 3 aromatic carbocycles. The first-order valence-corrected chi connectivity index (χ1v) is 10.8. The van der Waals surface area contributed by atoms with E-state index in [1.807, 2.05) is 72.8 Å². The van der Waals surface area contributed by atoms with Gasteiger partial charge < -0.3 is 18.9 Å². The highest BCUT2D eigenvalue weighted by atomic mass is 16.6. The van der Waals surface area contributed by atoms with Gasteiger partial charge in [0.05, 0.1) is 19.9 Å². The maximum atomic E-state index is 11.4. The van der Waals surface area contributed by atoms with Crippen LogP contribution in [0, 0.1) is 0 Å². The maximum Gasteiger partial charge on any atom is 0.308 e. The molecule has 0 amide bonds. The van der Waals surface area contributed by atoms with Gasteiger partial charge in [-0.15, -0.1) is 0 Å². The van der Waals surface area contributed by atoms with Crippen molar-refractivity contribution in [3.05, 3.63) is 89.6 Å². The molecule has 0 aliphatic rings. The fourth-order valence-corrected chi connectivity index (χ4v) is 3.50. The Morgan fingerprint density at radius 2 is 1.59 bits per heavy atom. The van der Waals surface area contributed by atoms with Gasteiger partial charge in [0.25, 0.3) is 0 Å². The van der Waals surface area contributed by atoms with Crippen LogP contribution < -0.4 is 18.9 Å². The number of aromatic nitrogens is 1. The Hall–Kier alpha value is -4.32. The Morgan fingerprint density at radius 3 is 2.26 bits per heavy atom. The standard InChI is InChI=1S/C28H25NO5/c1-19(30)34-28-25(31-2)16-21(17-26(28)32-3)12-14-23-15-13-22-10-7-11-24(27(22)29-23)33-18-20-8-5-4-6-9-20/h4-17H,18H2,1-3H3/b14-12-. The van der Waals surface area contributed by atoms with E-state index in [1.165, 1.54) is 21.1 Å². The first kappa shape index (κ1) is 22.9. The fourth-order valence-electron chi connectivity index (χ4n) is 3.50. The Labute approximate surface area is 198 Å². The summed E-state index contributed by atoms with van der Waals surface area (Å²) < 4.78 is 22.1. The van der Waals surface area contributed by atoms with E-state index in [1.54, 1.807) is 12.1 Å². The molecule has 0 radical (unpaired) electrons. The molecule has 0 aliphatic carbocycles. The molecule has 0 atom stereocenters. The smallest absolute Gasteiger partial charge is 0.308 e. The monoisotopic (exact) mass is 455 g/mol. The van der Waals surface area contributed by atoms with Crippen LogP contribution in [0.2, 0.25) is 0 Å². The Kier molecular flexibility index (Phi) is 7.08. The summed E-state index contributed by atoms with van der Waals surface area (Å²) in [5, 5.41) is 0.997. The second-order valence-electron chi connectivity index (χ2n) is 7.52.